The van der Waals surface area contributed by atoms with Crippen LogP contribution in [0.2, 0.25) is 5.02 Å². The van der Waals surface area contributed by atoms with Crippen molar-refractivity contribution in [3.8, 4) is 5.75 Å². The molecule has 0 saturated carbocycles. The number of phenols is 1. The summed E-state index contributed by atoms with van der Waals surface area (Å²) in [6, 6.07) is 22.4. The van der Waals surface area contributed by atoms with E-state index < -0.39 is 12.2 Å². The molecule has 2 aliphatic heterocycles. The summed E-state index contributed by atoms with van der Waals surface area (Å²) >= 11 is 6.68. The molecule has 0 aliphatic carbocycles. The van der Waals surface area contributed by atoms with E-state index in [9.17, 15) is 19.5 Å². The molecular weight excluding hydrogens is 592 g/mol. The molecule has 2 fully saturated rings. The zero-order chi connectivity index (χ0) is 31.5. The highest BCUT2D eigenvalue weighted by Crippen LogP contribution is 2.33. The van der Waals surface area contributed by atoms with E-state index in [4.69, 9.17) is 11.6 Å². The van der Waals surface area contributed by atoms with Crippen LogP contribution < -0.4 is 5.32 Å². The summed E-state index contributed by atoms with van der Waals surface area (Å²) in [5, 5.41) is 17.4. The SMILES string of the molecule is C=CCN(C(=O)NCc1ccccc1)N1CC(=O)N2[C@@H](Cc3ccc(O)cc3)C(=O)N(Cc3c(Cl)ccc4cccnc34)C[C@@H]21. The molecule has 0 radical (unpaired) electrons. The maximum absolute atomic E-state index is 14.2. The third-order valence-electron chi connectivity index (χ3n) is 8.24. The van der Waals surface area contributed by atoms with E-state index in [0.29, 0.717) is 22.6 Å². The van der Waals surface area contributed by atoms with Crippen molar-refractivity contribution in [2.24, 2.45) is 0 Å². The van der Waals surface area contributed by atoms with Gasteiger partial charge in [-0.15, -0.1) is 6.58 Å². The van der Waals surface area contributed by atoms with Crippen molar-refractivity contribution < 1.29 is 19.5 Å². The number of hydrogen-bond donors (Lipinski definition) is 2. The number of halogens is 1. The number of piperazine rings is 1. The minimum atomic E-state index is -0.842. The van der Waals surface area contributed by atoms with Crippen molar-refractivity contribution in [2.75, 3.05) is 19.6 Å². The summed E-state index contributed by atoms with van der Waals surface area (Å²) in [5.41, 5.74) is 3.13. The van der Waals surface area contributed by atoms with E-state index in [-0.39, 0.29) is 56.2 Å². The number of fused-ring (bicyclic) bond motifs is 2. The average Bonchev–Trinajstić information content (AvgIpc) is 3.38. The van der Waals surface area contributed by atoms with Gasteiger partial charge in [-0.2, -0.15) is 5.01 Å². The second-order valence-corrected chi connectivity index (χ2v) is 11.5. The quantitative estimate of drug-likeness (QED) is 0.268. The van der Waals surface area contributed by atoms with Crippen LogP contribution >= 0.6 is 11.6 Å². The third kappa shape index (κ3) is 6.20. The number of pyridine rings is 1. The number of nitrogens with zero attached hydrogens (tertiary/aromatic N) is 5. The summed E-state index contributed by atoms with van der Waals surface area (Å²) < 4.78 is 0. The van der Waals surface area contributed by atoms with Gasteiger partial charge in [0.2, 0.25) is 11.8 Å². The lowest BCUT2D eigenvalue weighted by Crippen LogP contribution is -2.66. The molecule has 10 nitrogen and oxygen atoms in total. The summed E-state index contributed by atoms with van der Waals surface area (Å²) in [6.07, 6.45) is 2.90. The van der Waals surface area contributed by atoms with Crippen LogP contribution in [0, 0.1) is 0 Å². The van der Waals surface area contributed by atoms with Crippen molar-refractivity contribution in [3.05, 3.63) is 119 Å². The Morgan fingerprint density at radius 2 is 1.82 bits per heavy atom. The standard InChI is InChI=1S/C34H33ClN6O4/c1-2-17-39(34(45)37-19-24-7-4-3-5-8-24)40-22-31(43)41-29(18-23-10-13-26(42)14-11-23)33(44)38(21-30(40)41)20-27-28(35)15-12-25-9-6-16-36-32(25)27/h2-16,29-30,42H,1,17-22H2,(H,37,45)/t29-,30+/m0/s1. The normalized spacial score (nSPS) is 18.2. The number of hydrazine groups is 1. The molecule has 1 aromatic heterocycles. The molecule has 230 valence electrons. The Morgan fingerprint density at radius 1 is 1.04 bits per heavy atom. The number of carbonyl (C=O) groups excluding carboxylic acids is 3. The topological polar surface area (TPSA) is 109 Å². The summed E-state index contributed by atoms with van der Waals surface area (Å²) in [5.74, 6) is -0.384. The monoisotopic (exact) mass is 624 g/mol. The first-order valence-electron chi connectivity index (χ1n) is 14.7. The molecule has 11 heteroatoms. The Labute approximate surface area is 266 Å². The maximum Gasteiger partial charge on any atom is 0.332 e. The Kier molecular flexibility index (Phi) is 8.68. The fourth-order valence-corrected chi connectivity index (χ4v) is 6.27. The third-order valence-corrected chi connectivity index (χ3v) is 8.59. The number of nitrogens with one attached hydrogen (secondary N) is 1. The number of amides is 4. The number of benzene rings is 3. The van der Waals surface area contributed by atoms with Crippen LogP contribution in [0.3, 0.4) is 0 Å². The van der Waals surface area contributed by atoms with E-state index in [1.807, 2.05) is 48.5 Å². The van der Waals surface area contributed by atoms with E-state index in [1.54, 1.807) is 57.4 Å². The number of phenolic OH excluding ortho intramolecular Hbond substituents is 1. The van der Waals surface area contributed by atoms with Gasteiger partial charge in [-0.3, -0.25) is 19.6 Å². The predicted molar refractivity (Wildman–Crippen MR) is 171 cm³/mol. The molecule has 2 aliphatic rings. The van der Waals surface area contributed by atoms with Crippen LogP contribution in [0.25, 0.3) is 10.9 Å². The zero-order valence-electron chi connectivity index (χ0n) is 24.6. The van der Waals surface area contributed by atoms with Gasteiger partial charge in [0.1, 0.15) is 18.0 Å². The molecule has 2 N–H and O–H groups in total. The number of hydrogen-bond acceptors (Lipinski definition) is 6. The lowest BCUT2D eigenvalue weighted by Gasteiger charge is -2.46. The molecular formula is C34H33ClN6O4. The van der Waals surface area contributed by atoms with Crippen molar-refractivity contribution in [1.29, 1.82) is 0 Å². The first kappa shape index (κ1) is 30.1. The lowest BCUT2D eigenvalue weighted by molar-refractivity contribution is -0.157. The minimum absolute atomic E-state index is 0.0823. The first-order valence-corrected chi connectivity index (χ1v) is 15.1. The van der Waals surface area contributed by atoms with Crippen LogP contribution in [0.5, 0.6) is 5.75 Å². The van der Waals surface area contributed by atoms with Gasteiger partial charge in [0, 0.05) is 41.7 Å². The van der Waals surface area contributed by atoms with Crippen LogP contribution in [0.1, 0.15) is 16.7 Å². The molecule has 0 spiro atoms. The second kappa shape index (κ2) is 13.0. The molecule has 6 rings (SSSR count). The number of aromatic nitrogens is 1. The molecule has 0 bridgehead atoms. The lowest BCUT2D eigenvalue weighted by atomic mass is 9.99. The predicted octanol–water partition coefficient (Wildman–Crippen LogP) is 4.33. The highest BCUT2D eigenvalue weighted by Gasteiger charge is 2.52. The fourth-order valence-electron chi connectivity index (χ4n) is 6.06. The number of rotatable bonds is 9. The minimum Gasteiger partial charge on any atom is -0.508 e. The van der Waals surface area contributed by atoms with E-state index in [0.717, 1.165) is 16.5 Å². The van der Waals surface area contributed by atoms with Gasteiger partial charge in [-0.05, 0) is 35.4 Å². The van der Waals surface area contributed by atoms with Gasteiger partial charge in [0.05, 0.1) is 25.2 Å². The Hall–Kier alpha value is -4.93. The first-order chi connectivity index (χ1) is 21.8. The highest BCUT2D eigenvalue weighted by atomic mass is 35.5. The van der Waals surface area contributed by atoms with Crippen LogP contribution in [0.4, 0.5) is 4.79 Å². The van der Waals surface area contributed by atoms with Crippen molar-refractivity contribution in [1.82, 2.24) is 30.1 Å². The van der Waals surface area contributed by atoms with Gasteiger partial charge in [0.15, 0.2) is 0 Å². The fraction of sp³-hybridized carbons (Fsp3) is 0.235. The highest BCUT2D eigenvalue weighted by molar-refractivity contribution is 6.32. The van der Waals surface area contributed by atoms with Gasteiger partial charge in [0.25, 0.3) is 0 Å². The van der Waals surface area contributed by atoms with Crippen LogP contribution in [-0.2, 0) is 29.1 Å². The van der Waals surface area contributed by atoms with Crippen LogP contribution in [0.15, 0.2) is 97.7 Å². The molecule has 4 amide bonds. The number of urea groups is 1. The molecule has 2 atom stereocenters. The summed E-state index contributed by atoms with van der Waals surface area (Å²) in [7, 11) is 0. The number of carbonyl (C=O) groups is 3. The van der Waals surface area contributed by atoms with E-state index in [2.05, 4.69) is 16.9 Å². The maximum atomic E-state index is 14.2. The Balaban J connectivity index is 1.34. The van der Waals surface area contributed by atoms with E-state index >= 15 is 0 Å². The van der Waals surface area contributed by atoms with Crippen molar-refractivity contribution >= 4 is 40.3 Å². The zero-order valence-corrected chi connectivity index (χ0v) is 25.3. The van der Waals surface area contributed by atoms with E-state index in [1.165, 1.54) is 5.01 Å². The smallest absolute Gasteiger partial charge is 0.332 e. The Bertz CT molecular complexity index is 1730. The summed E-state index contributed by atoms with van der Waals surface area (Å²) in [6.45, 7) is 4.55. The molecule has 4 aromatic rings. The van der Waals surface area contributed by atoms with Gasteiger partial charge < -0.3 is 20.2 Å². The molecule has 2 saturated heterocycles. The van der Waals surface area contributed by atoms with Gasteiger partial charge in [-0.25, -0.2) is 4.79 Å². The molecule has 45 heavy (non-hydrogen) atoms. The molecule has 0 unspecified atom stereocenters. The second-order valence-electron chi connectivity index (χ2n) is 11.1. The van der Waals surface area contributed by atoms with Crippen LogP contribution in [-0.4, -0.2) is 79.6 Å². The van der Waals surface area contributed by atoms with Gasteiger partial charge in [-0.1, -0.05) is 72.3 Å². The largest absolute Gasteiger partial charge is 0.508 e. The number of aromatic hydroxyl groups is 1. The average molecular weight is 625 g/mol. The molecule has 3 heterocycles. The van der Waals surface area contributed by atoms with Crippen molar-refractivity contribution in [2.45, 2.75) is 31.7 Å². The van der Waals surface area contributed by atoms with Crippen molar-refractivity contribution in [3.63, 3.8) is 0 Å². The molecule has 3 aromatic carbocycles. The summed E-state index contributed by atoms with van der Waals surface area (Å²) in [4.78, 5) is 49.3. The Morgan fingerprint density at radius 3 is 2.58 bits per heavy atom. The van der Waals surface area contributed by atoms with Gasteiger partial charge >= 0.3 is 6.03 Å².